The van der Waals surface area contributed by atoms with E-state index in [4.69, 9.17) is 0 Å². The molecule has 2 aromatic heterocycles. The van der Waals surface area contributed by atoms with Crippen LogP contribution >= 0.6 is 0 Å². The van der Waals surface area contributed by atoms with E-state index >= 15 is 0 Å². The van der Waals surface area contributed by atoms with Crippen LogP contribution in [0.3, 0.4) is 0 Å². The van der Waals surface area contributed by atoms with Crippen LogP contribution in [0.4, 0.5) is 0 Å². The minimum Gasteiger partial charge on any atom is -0.289 e. The van der Waals surface area contributed by atoms with Crippen molar-refractivity contribution in [2.75, 3.05) is 0 Å². The quantitative estimate of drug-likeness (QED) is 0.595. The highest BCUT2D eigenvalue weighted by Crippen LogP contribution is 2.05. The fourth-order valence-electron chi connectivity index (χ4n) is 1.44. The van der Waals surface area contributed by atoms with Crippen LogP contribution in [0.25, 0.3) is 6.08 Å². The summed E-state index contributed by atoms with van der Waals surface area (Å²) in [6.45, 7) is 1.97. The summed E-state index contributed by atoms with van der Waals surface area (Å²) in [5.74, 6) is -0.0681. The van der Waals surface area contributed by atoms with Gasteiger partial charge in [-0.15, -0.1) is 0 Å². The van der Waals surface area contributed by atoms with E-state index in [2.05, 4.69) is 10.1 Å². The monoisotopic (exact) mass is 227 g/mol. The van der Waals surface area contributed by atoms with Gasteiger partial charge in [0.2, 0.25) is 0 Å². The molecule has 0 amide bonds. The molecule has 0 aliphatic rings. The highest BCUT2D eigenvalue weighted by atomic mass is 16.1. The normalized spacial score (nSPS) is 10.9. The first-order valence-electron chi connectivity index (χ1n) is 5.30. The lowest BCUT2D eigenvalue weighted by atomic mass is 10.2. The third-order valence-electron chi connectivity index (χ3n) is 2.48. The molecule has 0 fully saturated rings. The maximum absolute atomic E-state index is 11.7. The van der Waals surface area contributed by atoms with Gasteiger partial charge in [-0.05, 0) is 37.3 Å². The Hall–Kier alpha value is -2.23. The maximum Gasteiger partial charge on any atom is 0.187 e. The van der Waals surface area contributed by atoms with Crippen LogP contribution < -0.4 is 0 Å². The summed E-state index contributed by atoms with van der Waals surface area (Å²) >= 11 is 0. The number of carbonyl (C=O) groups excluding carboxylic acids is 1. The van der Waals surface area contributed by atoms with Gasteiger partial charge in [0.25, 0.3) is 0 Å². The van der Waals surface area contributed by atoms with Gasteiger partial charge in [-0.3, -0.25) is 14.5 Å². The number of aryl methyl sites for hydroxylation is 2. The largest absolute Gasteiger partial charge is 0.289 e. The van der Waals surface area contributed by atoms with Crippen molar-refractivity contribution in [3.05, 3.63) is 53.6 Å². The molecule has 0 saturated heterocycles. The second-order valence-corrected chi connectivity index (χ2v) is 3.77. The Morgan fingerprint density at radius 3 is 2.88 bits per heavy atom. The van der Waals surface area contributed by atoms with Gasteiger partial charge in [0.05, 0.1) is 5.69 Å². The first kappa shape index (κ1) is 11.3. The van der Waals surface area contributed by atoms with Gasteiger partial charge >= 0.3 is 0 Å². The molecule has 2 heterocycles. The van der Waals surface area contributed by atoms with Crippen LogP contribution in [-0.4, -0.2) is 20.5 Å². The SMILES string of the molecule is Cc1cc(/C=C/C(=O)c2cccnc2)nn1C. The third kappa shape index (κ3) is 2.66. The molecule has 0 spiro atoms. The van der Waals surface area contributed by atoms with Crippen molar-refractivity contribution in [2.24, 2.45) is 7.05 Å². The van der Waals surface area contributed by atoms with Gasteiger partial charge in [0.1, 0.15) is 0 Å². The fraction of sp³-hybridized carbons (Fsp3) is 0.154. The van der Waals surface area contributed by atoms with Crippen molar-refractivity contribution in [2.45, 2.75) is 6.92 Å². The zero-order chi connectivity index (χ0) is 12.3. The summed E-state index contributed by atoms with van der Waals surface area (Å²) in [6.07, 6.45) is 6.42. The van der Waals surface area contributed by atoms with Crippen molar-refractivity contribution in [1.82, 2.24) is 14.8 Å². The zero-order valence-corrected chi connectivity index (χ0v) is 9.79. The molecule has 0 aromatic carbocycles. The lowest BCUT2D eigenvalue weighted by Crippen LogP contribution is -1.94. The van der Waals surface area contributed by atoms with E-state index in [-0.39, 0.29) is 5.78 Å². The number of rotatable bonds is 3. The Bertz CT molecular complexity index is 536. The number of aromatic nitrogens is 3. The predicted octanol–water partition coefficient (Wildman–Crippen LogP) is 2.02. The average Bonchev–Trinajstić information content (AvgIpc) is 2.67. The van der Waals surface area contributed by atoms with Gasteiger partial charge < -0.3 is 0 Å². The smallest absolute Gasteiger partial charge is 0.187 e. The number of hydrogen-bond donors (Lipinski definition) is 0. The predicted molar refractivity (Wildman–Crippen MR) is 65.5 cm³/mol. The maximum atomic E-state index is 11.7. The van der Waals surface area contributed by atoms with Crippen molar-refractivity contribution in [3.63, 3.8) is 0 Å². The number of hydrogen-bond acceptors (Lipinski definition) is 3. The second kappa shape index (κ2) is 4.74. The molecule has 86 valence electrons. The fourth-order valence-corrected chi connectivity index (χ4v) is 1.44. The molecule has 2 rings (SSSR count). The number of carbonyl (C=O) groups is 1. The molecule has 0 atom stereocenters. The molecular formula is C13H13N3O. The van der Waals surface area contributed by atoms with Crippen molar-refractivity contribution in [3.8, 4) is 0 Å². The summed E-state index contributed by atoms with van der Waals surface area (Å²) in [5, 5.41) is 4.24. The highest BCUT2D eigenvalue weighted by molar-refractivity contribution is 6.06. The Balaban J connectivity index is 2.14. The van der Waals surface area contributed by atoms with Crippen LogP contribution in [0.15, 0.2) is 36.7 Å². The van der Waals surface area contributed by atoms with Crippen LogP contribution in [0, 0.1) is 6.92 Å². The Morgan fingerprint density at radius 2 is 2.29 bits per heavy atom. The first-order chi connectivity index (χ1) is 8.16. The lowest BCUT2D eigenvalue weighted by molar-refractivity contribution is 0.104. The summed E-state index contributed by atoms with van der Waals surface area (Å²) in [5.41, 5.74) is 2.41. The molecule has 0 saturated carbocycles. The molecule has 2 aromatic rings. The van der Waals surface area contributed by atoms with E-state index in [1.165, 1.54) is 6.08 Å². The molecule has 17 heavy (non-hydrogen) atoms. The Morgan fingerprint density at radius 1 is 1.47 bits per heavy atom. The third-order valence-corrected chi connectivity index (χ3v) is 2.48. The van der Waals surface area contributed by atoms with E-state index in [0.717, 1.165) is 11.4 Å². The number of nitrogens with zero attached hydrogens (tertiary/aromatic N) is 3. The van der Waals surface area contributed by atoms with Gasteiger partial charge in [-0.2, -0.15) is 5.10 Å². The van der Waals surface area contributed by atoms with Crippen molar-refractivity contribution < 1.29 is 4.79 Å². The van der Waals surface area contributed by atoms with E-state index in [0.29, 0.717) is 5.56 Å². The standard InChI is InChI=1S/C13H13N3O/c1-10-8-12(15-16(10)2)5-6-13(17)11-4-3-7-14-9-11/h3-9H,1-2H3/b6-5+. The summed E-state index contributed by atoms with van der Waals surface area (Å²) in [6, 6.07) is 5.41. The number of pyridine rings is 1. The molecule has 0 N–H and O–H groups in total. The summed E-state index contributed by atoms with van der Waals surface area (Å²) < 4.78 is 1.77. The van der Waals surface area contributed by atoms with E-state index in [9.17, 15) is 4.79 Å². The molecule has 0 aliphatic heterocycles. The highest BCUT2D eigenvalue weighted by Gasteiger charge is 2.01. The minimum atomic E-state index is -0.0681. The van der Waals surface area contributed by atoms with Crippen LogP contribution in [0.1, 0.15) is 21.7 Å². The Labute approximate surface area is 99.6 Å². The molecular weight excluding hydrogens is 214 g/mol. The van der Waals surface area contributed by atoms with E-state index < -0.39 is 0 Å². The van der Waals surface area contributed by atoms with Gasteiger partial charge in [0, 0.05) is 30.7 Å². The van der Waals surface area contributed by atoms with E-state index in [1.54, 1.807) is 35.3 Å². The average molecular weight is 227 g/mol. The number of ketones is 1. The van der Waals surface area contributed by atoms with Crippen molar-refractivity contribution in [1.29, 1.82) is 0 Å². The molecule has 4 nitrogen and oxygen atoms in total. The van der Waals surface area contributed by atoms with Gasteiger partial charge in [0.15, 0.2) is 5.78 Å². The Kier molecular flexibility index (Phi) is 3.14. The molecule has 0 aliphatic carbocycles. The molecule has 4 heteroatoms. The summed E-state index contributed by atoms with van der Waals surface area (Å²) in [4.78, 5) is 15.7. The van der Waals surface area contributed by atoms with Crippen LogP contribution in [0.2, 0.25) is 0 Å². The van der Waals surface area contributed by atoms with Gasteiger partial charge in [-0.1, -0.05) is 0 Å². The molecule has 0 bridgehead atoms. The first-order valence-corrected chi connectivity index (χ1v) is 5.30. The van der Waals surface area contributed by atoms with Crippen molar-refractivity contribution >= 4 is 11.9 Å². The molecule has 0 radical (unpaired) electrons. The van der Waals surface area contributed by atoms with Crippen LogP contribution in [-0.2, 0) is 7.05 Å². The minimum absolute atomic E-state index is 0.0681. The lowest BCUT2D eigenvalue weighted by Gasteiger charge is -1.92. The number of allylic oxidation sites excluding steroid dienone is 1. The molecule has 0 unspecified atom stereocenters. The van der Waals surface area contributed by atoms with E-state index in [1.807, 2.05) is 20.0 Å². The topological polar surface area (TPSA) is 47.8 Å². The van der Waals surface area contributed by atoms with Gasteiger partial charge in [-0.25, -0.2) is 0 Å². The zero-order valence-electron chi connectivity index (χ0n) is 9.79. The van der Waals surface area contributed by atoms with Crippen LogP contribution in [0.5, 0.6) is 0 Å². The summed E-state index contributed by atoms with van der Waals surface area (Å²) in [7, 11) is 1.87. The second-order valence-electron chi connectivity index (χ2n) is 3.77.